The standard InChI is InChI=1S/C14H22O4/c1-5-12(18-13(15)9(2)3)10-7-6-8-11(10)14(16)17-4/h10-12H,2,5-8H2,1,3-4H3. The zero-order valence-electron chi connectivity index (χ0n) is 11.4. The third kappa shape index (κ3) is 3.34. The summed E-state index contributed by atoms with van der Waals surface area (Å²) in [5, 5.41) is 0. The fourth-order valence-electron chi connectivity index (χ4n) is 2.59. The van der Waals surface area contributed by atoms with Gasteiger partial charge in [0.15, 0.2) is 0 Å². The van der Waals surface area contributed by atoms with E-state index >= 15 is 0 Å². The fourth-order valence-corrected chi connectivity index (χ4v) is 2.59. The predicted octanol–water partition coefficient (Wildman–Crippen LogP) is 2.47. The van der Waals surface area contributed by atoms with E-state index in [1.54, 1.807) is 6.92 Å². The Morgan fingerprint density at radius 1 is 1.39 bits per heavy atom. The Bertz CT molecular complexity index is 335. The molecule has 1 rings (SSSR count). The van der Waals surface area contributed by atoms with Gasteiger partial charge in [-0.15, -0.1) is 0 Å². The Hall–Kier alpha value is -1.32. The van der Waals surface area contributed by atoms with Gasteiger partial charge in [-0.25, -0.2) is 4.79 Å². The summed E-state index contributed by atoms with van der Waals surface area (Å²) < 4.78 is 10.2. The van der Waals surface area contributed by atoms with Crippen molar-refractivity contribution in [2.24, 2.45) is 11.8 Å². The van der Waals surface area contributed by atoms with Gasteiger partial charge >= 0.3 is 11.9 Å². The zero-order chi connectivity index (χ0) is 13.7. The minimum Gasteiger partial charge on any atom is -0.469 e. The van der Waals surface area contributed by atoms with Gasteiger partial charge in [0, 0.05) is 11.5 Å². The molecule has 102 valence electrons. The topological polar surface area (TPSA) is 52.6 Å². The third-order valence-electron chi connectivity index (χ3n) is 3.56. The van der Waals surface area contributed by atoms with Crippen LogP contribution >= 0.6 is 0 Å². The van der Waals surface area contributed by atoms with Crippen LogP contribution in [0.5, 0.6) is 0 Å². The van der Waals surface area contributed by atoms with Crippen molar-refractivity contribution in [1.82, 2.24) is 0 Å². The molecule has 18 heavy (non-hydrogen) atoms. The molecular weight excluding hydrogens is 232 g/mol. The second-order valence-corrected chi connectivity index (χ2v) is 4.86. The van der Waals surface area contributed by atoms with Gasteiger partial charge in [-0.1, -0.05) is 19.9 Å². The van der Waals surface area contributed by atoms with Crippen LogP contribution in [0.15, 0.2) is 12.2 Å². The number of carbonyl (C=O) groups is 2. The molecule has 4 nitrogen and oxygen atoms in total. The molecule has 3 unspecified atom stereocenters. The molecule has 0 amide bonds. The van der Waals surface area contributed by atoms with Crippen molar-refractivity contribution < 1.29 is 19.1 Å². The van der Waals surface area contributed by atoms with Gasteiger partial charge in [-0.3, -0.25) is 4.79 Å². The Morgan fingerprint density at radius 2 is 2.06 bits per heavy atom. The van der Waals surface area contributed by atoms with E-state index < -0.39 is 0 Å². The van der Waals surface area contributed by atoms with E-state index in [1.165, 1.54) is 7.11 Å². The lowest BCUT2D eigenvalue weighted by atomic mass is 9.89. The monoisotopic (exact) mass is 254 g/mol. The molecule has 1 aliphatic rings. The van der Waals surface area contributed by atoms with E-state index in [9.17, 15) is 9.59 Å². The Labute approximate surface area is 108 Å². The van der Waals surface area contributed by atoms with Gasteiger partial charge in [-0.2, -0.15) is 0 Å². The molecule has 0 spiro atoms. The van der Waals surface area contributed by atoms with E-state index in [4.69, 9.17) is 9.47 Å². The lowest BCUT2D eigenvalue weighted by Crippen LogP contribution is -2.33. The van der Waals surface area contributed by atoms with Crippen LogP contribution in [-0.4, -0.2) is 25.2 Å². The van der Waals surface area contributed by atoms with Crippen molar-refractivity contribution in [3.05, 3.63) is 12.2 Å². The molecule has 0 aromatic rings. The molecule has 0 aliphatic heterocycles. The van der Waals surface area contributed by atoms with Crippen LogP contribution < -0.4 is 0 Å². The third-order valence-corrected chi connectivity index (χ3v) is 3.56. The summed E-state index contributed by atoms with van der Waals surface area (Å²) in [6.07, 6.45) is 3.18. The summed E-state index contributed by atoms with van der Waals surface area (Å²) in [4.78, 5) is 23.3. The Morgan fingerprint density at radius 3 is 2.56 bits per heavy atom. The van der Waals surface area contributed by atoms with Crippen LogP contribution in [-0.2, 0) is 19.1 Å². The van der Waals surface area contributed by atoms with Crippen LogP contribution in [0.4, 0.5) is 0 Å². The van der Waals surface area contributed by atoms with Gasteiger partial charge in [0.25, 0.3) is 0 Å². The minimum atomic E-state index is -0.377. The lowest BCUT2D eigenvalue weighted by molar-refractivity contribution is -0.155. The first-order valence-electron chi connectivity index (χ1n) is 6.45. The highest BCUT2D eigenvalue weighted by Gasteiger charge is 2.39. The molecule has 0 saturated heterocycles. The highest BCUT2D eigenvalue weighted by Crippen LogP contribution is 2.37. The molecule has 0 bridgehead atoms. The minimum absolute atomic E-state index is 0.0748. The maximum absolute atomic E-state index is 11.7. The van der Waals surface area contributed by atoms with Gasteiger partial charge < -0.3 is 9.47 Å². The van der Waals surface area contributed by atoms with Crippen molar-refractivity contribution in [1.29, 1.82) is 0 Å². The Kier molecular flexibility index (Phi) is 5.38. The molecule has 0 radical (unpaired) electrons. The number of carbonyl (C=O) groups excluding carboxylic acids is 2. The summed E-state index contributed by atoms with van der Waals surface area (Å²) in [5.74, 6) is -0.636. The fraction of sp³-hybridized carbons (Fsp3) is 0.714. The second kappa shape index (κ2) is 6.57. The van der Waals surface area contributed by atoms with Crippen LogP contribution in [0.25, 0.3) is 0 Å². The smallest absolute Gasteiger partial charge is 0.333 e. The normalized spacial score (nSPS) is 24.4. The van der Waals surface area contributed by atoms with Crippen LogP contribution in [0.2, 0.25) is 0 Å². The van der Waals surface area contributed by atoms with E-state index in [2.05, 4.69) is 6.58 Å². The summed E-state index contributed by atoms with van der Waals surface area (Å²) in [5.41, 5.74) is 0.390. The van der Waals surface area contributed by atoms with Crippen molar-refractivity contribution >= 4 is 11.9 Å². The molecule has 1 aliphatic carbocycles. The van der Waals surface area contributed by atoms with Gasteiger partial charge in [0.2, 0.25) is 0 Å². The lowest BCUT2D eigenvalue weighted by Gasteiger charge is -2.26. The van der Waals surface area contributed by atoms with Crippen molar-refractivity contribution in [3.8, 4) is 0 Å². The summed E-state index contributed by atoms with van der Waals surface area (Å²) >= 11 is 0. The molecule has 4 heteroatoms. The number of hydrogen-bond donors (Lipinski definition) is 0. The van der Waals surface area contributed by atoms with Crippen molar-refractivity contribution in [3.63, 3.8) is 0 Å². The van der Waals surface area contributed by atoms with Gasteiger partial charge in [0.05, 0.1) is 13.0 Å². The first kappa shape index (κ1) is 14.7. The molecule has 0 N–H and O–H groups in total. The number of ether oxygens (including phenoxy) is 2. The van der Waals surface area contributed by atoms with Crippen molar-refractivity contribution in [2.75, 3.05) is 7.11 Å². The SMILES string of the molecule is C=C(C)C(=O)OC(CC)C1CCCC1C(=O)OC. The average Bonchev–Trinajstić information content (AvgIpc) is 2.83. The number of rotatable bonds is 5. The quantitative estimate of drug-likeness (QED) is 0.558. The zero-order valence-corrected chi connectivity index (χ0v) is 11.4. The van der Waals surface area contributed by atoms with Crippen LogP contribution in [0, 0.1) is 11.8 Å². The largest absolute Gasteiger partial charge is 0.469 e. The number of hydrogen-bond acceptors (Lipinski definition) is 4. The first-order chi connectivity index (χ1) is 8.51. The summed E-state index contributed by atoms with van der Waals surface area (Å²) in [7, 11) is 1.40. The van der Waals surface area contributed by atoms with E-state index in [1.807, 2.05) is 6.92 Å². The van der Waals surface area contributed by atoms with Gasteiger partial charge in [0.1, 0.15) is 6.10 Å². The Balaban J connectivity index is 2.71. The van der Waals surface area contributed by atoms with Crippen molar-refractivity contribution in [2.45, 2.75) is 45.6 Å². The molecule has 0 aromatic carbocycles. The maximum Gasteiger partial charge on any atom is 0.333 e. The molecule has 1 fully saturated rings. The second-order valence-electron chi connectivity index (χ2n) is 4.86. The molecular formula is C14H22O4. The maximum atomic E-state index is 11.7. The van der Waals surface area contributed by atoms with E-state index in [0.29, 0.717) is 12.0 Å². The first-order valence-corrected chi connectivity index (χ1v) is 6.45. The average molecular weight is 254 g/mol. The van der Waals surface area contributed by atoms with Crippen LogP contribution in [0.1, 0.15) is 39.5 Å². The predicted molar refractivity (Wildman–Crippen MR) is 67.8 cm³/mol. The molecule has 0 aromatic heterocycles. The molecule has 0 heterocycles. The van der Waals surface area contributed by atoms with E-state index in [0.717, 1.165) is 19.3 Å². The number of methoxy groups -OCH3 is 1. The number of esters is 2. The van der Waals surface area contributed by atoms with E-state index in [-0.39, 0.29) is 29.9 Å². The highest BCUT2D eigenvalue weighted by atomic mass is 16.5. The molecule has 1 saturated carbocycles. The van der Waals surface area contributed by atoms with Crippen LogP contribution in [0.3, 0.4) is 0 Å². The molecule has 3 atom stereocenters. The summed E-state index contributed by atoms with van der Waals surface area (Å²) in [6.45, 7) is 7.16. The summed E-state index contributed by atoms with van der Waals surface area (Å²) in [6, 6.07) is 0. The highest BCUT2D eigenvalue weighted by molar-refractivity contribution is 5.87. The van der Waals surface area contributed by atoms with Gasteiger partial charge in [-0.05, 0) is 26.2 Å².